The van der Waals surface area contributed by atoms with Crippen LogP contribution in [0.5, 0.6) is 17.2 Å². The number of aryl methyl sites for hydroxylation is 1. The van der Waals surface area contributed by atoms with E-state index >= 15 is 0 Å². The number of ether oxygens (including phenoxy) is 2. The van der Waals surface area contributed by atoms with E-state index in [0.717, 1.165) is 33.8 Å². The molecule has 1 amide bonds. The Morgan fingerprint density at radius 2 is 1.78 bits per heavy atom. The van der Waals surface area contributed by atoms with Gasteiger partial charge in [-0.1, -0.05) is 35.9 Å². The first-order chi connectivity index (χ1) is 17.9. The molecule has 1 aromatic heterocycles. The molecule has 0 fully saturated rings. The summed E-state index contributed by atoms with van der Waals surface area (Å²) in [5, 5.41) is 18.7. The molecule has 0 saturated heterocycles. The molecule has 0 bridgehead atoms. The van der Waals surface area contributed by atoms with Crippen LogP contribution in [0.1, 0.15) is 45.7 Å². The van der Waals surface area contributed by atoms with Gasteiger partial charge in [-0.2, -0.15) is 5.10 Å². The molecule has 7 nitrogen and oxygen atoms in total. The average Bonchev–Trinajstić information content (AvgIpc) is 3.44. The summed E-state index contributed by atoms with van der Waals surface area (Å²) in [6.07, 6.45) is 0.665. The number of fused-ring (bicyclic) bond motifs is 1. The number of carbonyl (C=O) groups excluding carboxylic acids is 1. The number of aromatic hydroxyl groups is 1. The van der Waals surface area contributed by atoms with Gasteiger partial charge in [0.1, 0.15) is 28.6 Å². The largest absolute Gasteiger partial charge is 0.507 e. The van der Waals surface area contributed by atoms with E-state index in [0.29, 0.717) is 41.5 Å². The Labute approximate surface area is 220 Å². The quantitative estimate of drug-likeness (QED) is 0.302. The third-order valence-corrected chi connectivity index (χ3v) is 7.11. The third-order valence-electron chi connectivity index (χ3n) is 6.70. The molecular weight excluding hydrogens is 490 g/mol. The number of hydrogen-bond acceptors (Lipinski definition) is 5. The molecule has 0 saturated carbocycles. The number of aromatic amines is 1. The molecular formula is C29H28ClN3O4. The van der Waals surface area contributed by atoms with Crippen molar-refractivity contribution in [3.8, 4) is 28.5 Å². The van der Waals surface area contributed by atoms with Crippen LogP contribution < -0.4 is 9.47 Å². The normalized spacial score (nSPS) is 14.6. The van der Waals surface area contributed by atoms with Crippen LogP contribution in [0.3, 0.4) is 0 Å². The second-order valence-electron chi connectivity index (χ2n) is 8.98. The lowest BCUT2D eigenvalue weighted by Gasteiger charge is -2.27. The highest BCUT2D eigenvalue weighted by Crippen LogP contribution is 2.45. The molecule has 3 aromatic carbocycles. The topological polar surface area (TPSA) is 87.7 Å². The lowest BCUT2D eigenvalue weighted by Crippen LogP contribution is -2.31. The summed E-state index contributed by atoms with van der Waals surface area (Å²) in [6, 6.07) is 18.5. The highest BCUT2D eigenvalue weighted by molar-refractivity contribution is 6.31. The molecule has 190 valence electrons. The molecule has 5 rings (SSSR count). The molecule has 0 radical (unpaired) electrons. The molecule has 1 atom stereocenters. The van der Waals surface area contributed by atoms with Crippen molar-refractivity contribution in [2.24, 2.45) is 0 Å². The first-order valence-corrected chi connectivity index (χ1v) is 12.5. The highest BCUT2D eigenvalue weighted by Gasteiger charge is 2.42. The first kappa shape index (κ1) is 24.7. The number of phenolic OH excluding ortho intramolecular Hbond substituents is 1. The fourth-order valence-corrected chi connectivity index (χ4v) is 4.95. The number of amides is 1. The van der Waals surface area contributed by atoms with E-state index in [-0.39, 0.29) is 11.7 Å². The maximum absolute atomic E-state index is 13.6. The number of H-pyrrole nitrogens is 1. The molecule has 0 aliphatic carbocycles. The zero-order valence-corrected chi connectivity index (χ0v) is 21.7. The Bertz CT molecular complexity index is 1430. The molecule has 1 aliphatic heterocycles. The second kappa shape index (κ2) is 10.2. The summed E-state index contributed by atoms with van der Waals surface area (Å²) in [4.78, 5) is 15.5. The van der Waals surface area contributed by atoms with Crippen molar-refractivity contribution in [1.29, 1.82) is 0 Å². The molecule has 37 heavy (non-hydrogen) atoms. The van der Waals surface area contributed by atoms with E-state index in [9.17, 15) is 9.90 Å². The average molecular weight is 518 g/mol. The number of benzene rings is 3. The number of aromatic nitrogens is 2. The standard InChI is InChI=1S/C29H28ClN3O4/c1-4-37-21-11-7-19(8-12-21)28-25-26(22-16-23(30)17(2)15-24(22)34)31-32-27(25)29(35)33(28)14-13-18-5-9-20(36-3)10-6-18/h5-12,15-16,28,34H,4,13-14H2,1-3H3,(H,31,32). The highest BCUT2D eigenvalue weighted by atomic mass is 35.5. The van der Waals surface area contributed by atoms with Crippen molar-refractivity contribution in [1.82, 2.24) is 15.1 Å². The van der Waals surface area contributed by atoms with Crippen LogP contribution in [0.25, 0.3) is 11.3 Å². The third kappa shape index (κ3) is 4.62. The number of nitrogens with one attached hydrogen (secondary N) is 1. The number of phenols is 1. The molecule has 1 unspecified atom stereocenters. The SMILES string of the molecule is CCOc1ccc(C2c3c(-c4cc(Cl)c(C)cc4O)n[nH]c3C(=O)N2CCc2ccc(OC)cc2)cc1. The second-order valence-corrected chi connectivity index (χ2v) is 9.39. The Kier molecular flexibility index (Phi) is 6.80. The summed E-state index contributed by atoms with van der Waals surface area (Å²) < 4.78 is 10.9. The minimum atomic E-state index is -0.398. The zero-order chi connectivity index (χ0) is 26.1. The van der Waals surface area contributed by atoms with E-state index in [1.165, 1.54) is 0 Å². The van der Waals surface area contributed by atoms with E-state index < -0.39 is 6.04 Å². The molecule has 1 aliphatic rings. The lowest BCUT2D eigenvalue weighted by molar-refractivity contribution is 0.0746. The van der Waals surface area contributed by atoms with Gasteiger partial charge < -0.3 is 19.5 Å². The molecule has 2 heterocycles. The van der Waals surface area contributed by atoms with Crippen LogP contribution in [0, 0.1) is 6.92 Å². The Morgan fingerprint density at radius 1 is 1.08 bits per heavy atom. The van der Waals surface area contributed by atoms with E-state index in [1.54, 1.807) is 19.2 Å². The number of rotatable bonds is 8. The summed E-state index contributed by atoms with van der Waals surface area (Å²) >= 11 is 6.40. The first-order valence-electron chi connectivity index (χ1n) is 12.2. The van der Waals surface area contributed by atoms with Crippen LogP contribution >= 0.6 is 11.6 Å². The van der Waals surface area contributed by atoms with Crippen molar-refractivity contribution in [3.63, 3.8) is 0 Å². The monoisotopic (exact) mass is 517 g/mol. The van der Waals surface area contributed by atoms with Crippen molar-refractivity contribution in [2.45, 2.75) is 26.3 Å². The number of nitrogens with zero attached hydrogens (tertiary/aromatic N) is 2. The number of hydrogen-bond donors (Lipinski definition) is 2. The fraction of sp³-hybridized carbons (Fsp3) is 0.241. The van der Waals surface area contributed by atoms with Gasteiger partial charge in [0.05, 0.1) is 19.8 Å². The zero-order valence-electron chi connectivity index (χ0n) is 20.9. The summed E-state index contributed by atoms with van der Waals surface area (Å²) in [7, 11) is 1.64. The van der Waals surface area contributed by atoms with Crippen molar-refractivity contribution < 1.29 is 19.4 Å². The number of methoxy groups -OCH3 is 1. The molecule has 0 spiro atoms. The van der Waals surface area contributed by atoms with Gasteiger partial charge in [0.2, 0.25) is 0 Å². The van der Waals surface area contributed by atoms with E-state index in [2.05, 4.69) is 10.2 Å². The minimum Gasteiger partial charge on any atom is -0.507 e. The van der Waals surface area contributed by atoms with Crippen LogP contribution in [0.4, 0.5) is 0 Å². The van der Waals surface area contributed by atoms with Gasteiger partial charge in [0, 0.05) is 22.7 Å². The summed E-state index contributed by atoms with van der Waals surface area (Å²) in [6.45, 7) is 4.83. The van der Waals surface area contributed by atoms with Crippen LogP contribution in [-0.2, 0) is 6.42 Å². The molecule has 8 heteroatoms. The van der Waals surface area contributed by atoms with Crippen LogP contribution in [0.15, 0.2) is 60.7 Å². The van der Waals surface area contributed by atoms with Crippen LogP contribution in [-0.4, -0.2) is 46.4 Å². The number of halogens is 1. The van der Waals surface area contributed by atoms with Gasteiger partial charge in [-0.25, -0.2) is 0 Å². The lowest BCUT2D eigenvalue weighted by atomic mass is 9.95. The summed E-state index contributed by atoms with van der Waals surface area (Å²) in [5.74, 6) is 1.47. The van der Waals surface area contributed by atoms with Gasteiger partial charge in [-0.15, -0.1) is 0 Å². The summed E-state index contributed by atoms with van der Waals surface area (Å²) in [5.41, 5.74) is 4.90. The van der Waals surface area contributed by atoms with Crippen molar-refractivity contribution in [2.75, 3.05) is 20.3 Å². The Morgan fingerprint density at radius 3 is 2.46 bits per heavy atom. The van der Waals surface area contributed by atoms with Gasteiger partial charge in [-0.3, -0.25) is 9.89 Å². The predicted molar refractivity (Wildman–Crippen MR) is 143 cm³/mol. The fourth-order valence-electron chi connectivity index (χ4n) is 4.79. The van der Waals surface area contributed by atoms with Crippen molar-refractivity contribution >= 4 is 17.5 Å². The van der Waals surface area contributed by atoms with Gasteiger partial charge in [0.25, 0.3) is 5.91 Å². The van der Waals surface area contributed by atoms with Gasteiger partial charge >= 0.3 is 0 Å². The smallest absolute Gasteiger partial charge is 0.273 e. The van der Waals surface area contributed by atoms with Gasteiger partial charge in [0.15, 0.2) is 0 Å². The maximum atomic E-state index is 13.6. The van der Waals surface area contributed by atoms with Crippen LogP contribution in [0.2, 0.25) is 5.02 Å². The predicted octanol–water partition coefficient (Wildman–Crippen LogP) is 5.94. The number of carbonyl (C=O) groups is 1. The van der Waals surface area contributed by atoms with E-state index in [4.69, 9.17) is 21.1 Å². The van der Waals surface area contributed by atoms with Gasteiger partial charge in [-0.05, 0) is 73.4 Å². The minimum absolute atomic E-state index is 0.0609. The van der Waals surface area contributed by atoms with Crippen molar-refractivity contribution in [3.05, 3.63) is 93.6 Å². The maximum Gasteiger partial charge on any atom is 0.273 e. The molecule has 2 N–H and O–H groups in total. The Hall–Kier alpha value is -3.97. The van der Waals surface area contributed by atoms with E-state index in [1.807, 2.05) is 67.3 Å². The Balaban J connectivity index is 1.56. The molecule has 4 aromatic rings.